The zero-order valence-corrected chi connectivity index (χ0v) is 22.2. The molecule has 1 fully saturated rings. The van der Waals surface area contributed by atoms with Gasteiger partial charge in [0.1, 0.15) is 36.4 Å². The van der Waals surface area contributed by atoms with Crippen LogP contribution in [-0.4, -0.2) is 69.9 Å². The van der Waals surface area contributed by atoms with Crippen LogP contribution in [0.4, 0.5) is 0 Å². The van der Waals surface area contributed by atoms with Crippen molar-refractivity contribution in [3.05, 3.63) is 107 Å². The number of carbonyl (C=O) groups is 3. The van der Waals surface area contributed by atoms with Gasteiger partial charge in [-0.2, -0.15) is 0 Å². The number of aliphatic hydroxyl groups is 1. The molecule has 5 atom stereocenters. The number of nitrogens with zero attached hydrogens (tertiary/aromatic N) is 1. The lowest BCUT2D eigenvalue weighted by Crippen LogP contribution is -2.65. The van der Waals surface area contributed by atoms with Crippen molar-refractivity contribution >= 4 is 29.5 Å². The van der Waals surface area contributed by atoms with E-state index < -0.39 is 47.6 Å². The molecular weight excluding hydrogens is 518 g/mol. The molecule has 2 amide bonds. The van der Waals surface area contributed by atoms with E-state index >= 15 is 0 Å². The number of esters is 1. The van der Waals surface area contributed by atoms with Crippen molar-refractivity contribution < 1.29 is 33.7 Å². The zero-order valence-electron chi connectivity index (χ0n) is 21.3. The smallest absolute Gasteiger partial charge is 0.338 e. The Morgan fingerprint density at radius 3 is 2.13 bits per heavy atom. The van der Waals surface area contributed by atoms with Crippen molar-refractivity contribution in [2.75, 3.05) is 12.4 Å². The highest BCUT2D eigenvalue weighted by Gasteiger charge is 2.54. The molecule has 0 unspecified atom stereocenters. The summed E-state index contributed by atoms with van der Waals surface area (Å²) in [6.45, 7) is 1.85. The summed E-state index contributed by atoms with van der Waals surface area (Å²) in [5.41, 5.74) is 1.13. The van der Waals surface area contributed by atoms with Gasteiger partial charge in [0.2, 0.25) is 0 Å². The zero-order chi connectivity index (χ0) is 27.4. The molecule has 9 heteroatoms. The van der Waals surface area contributed by atoms with Crippen molar-refractivity contribution in [3.8, 4) is 0 Å². The van der Waals surface area contributed by atoms with Crippen molar-refractivity contribution in [3.63, 3.8) is 0 Å². The van der Waals surface area contributed by atoms with E-state index in [1.165, 1.54) is 11.8 Å². The monoisotopic (exact) mass is 547 g/mol. The van der Waals surface area contributed by atoms with Gasteiger partial charge in [-0.05, 0) is 35.6 Å². The summed E-state index contributed by atoms with van der Waals surface area (Å²) >= 11 is 1.39. The van der Waals surface area contributed by atoms with Crippen molar-refractivity contribution in [1.29, 1.82) is 0 Å². The second-order valence-electron chi connectivity index (χ2n) is 9.23. The number of ether oxygens (including phenoxy) is 3. The van der Waals surface area contributed by atoms with Crippen LogP contribution in [0.25, 0.3) is 0 Å². The lowest BCUT2D eigenvalue weighted by atomic mass is 9.96. The highest BCUT2D eigenvalue weighted by Crippen LogP contribution is 2.37. The Hall–Kier alpha value is -3.50. The molecule has 0 aromatic heterocycles. The van der Waals surface area contributed by atoms with E-state index in [0.717, 1.165) is 10.5 Å². The summed E-state index contributed by atoms with van der Waals surface area (Å²) < 4.78 is 18.0. The second-order valence-corrected chi connectivity index (χ2v) is 10.6. The number of imide groups is 1. The quantitative estimate of drug-likeness (QED) is 0.318. The fraction of sp³-hybridized carbons (Fsp3) is 0.300. The van der Waals surface area contributed by atoms with Crippen LogP contribution in [0.15, 0.2) is 84.9 Å². The summed E-state index contributed by atoms with van der Waals surface area (Å²) in [6.07, 6.45) is -3.22. The van der Waals surface area contributed by atoms with Gasteiger partial charge in [-0.1, -0.05) is 67.6 Å². The van der Waals surface area contributed by atoms with E-state index in [2.05, 4.69) is 0 Å². The van der Waals surface area contributed by atoms with Crippen LogP contribution in [0.2, 0.25) is 0 Å². The van der Waals surface area contributed by atoms with Gasteiger partial charge >= 0.3 is 5.97 Å². The molecule has 0 spiro atoms. The fourth-order valence-electron chi connectivity index (χ4n) is 4.87. The minimum atomic E-state index is -1.29. The molecule has 1 saturated heterocycles. The highest BCUT2D eigenvalue weighted by atomic mass is 32.2. The van der Waals surface area contributed by atoms with Crippen LogP contribution in [0, 0.1) is 0 Å². The SMILES string of the molecule is CCS[C@@H]1O[C@H](COC(=O)c2ccccc2)[C@@H](O)[C@H](OCc2ccccc2)[C@H]1N1C(=O)c2ccccc2C1=O. The Kier molecular flexibility index (Phi) is 8.42. The Morgan fingerprint density at radius 1 is 0.923 bits per heavy atom. The Morgan fingerprint density at radius 2 is 1.51 bits per heavy atom. The number of rotatable bonds is 9. The van der Waals surface area contributed by atoms with Gasteiger partial charge in [-0.25, -0.2) is 4.79 Å². The first kappa shape index (κ1) is 27.1. The molecule has 3 aromatic carbocycles. The van der Waals surface area contributed by atoms with Crippen LogP contribution in [0.5, 0.6) is 0 Å². The van der Waals surface area contributed by atoms with E-state index in [1.54, 1.807) is 54.6 Å². The standard InChI is InChI=1S/C30H29NO7S/c1-2-39-30-24(31-27(33)21-15-9-10-16-22(21)28(31)34)26(36-17-19-11-5-3-6-12-19)25(32)23(38-30)18-37-29(35)20-13-7-4-8-14-20/h3-16,23-26,30,32H,2,17-18H2,1H3/t23-,24-,25-,26-,30+/m1/s1. The molecule has 39 heavy (non-hydrogen) atoms. The average molecular weight is 548 g/mol. The van der Waals surface area contributed by atoms with E-state index in [0.29, 0.717) is 22.4 Å². The fourth-order valence-corrected chi connectivity index (χ4v) is 5.89. The molecule has 3 aromatic rings. The van der Waals surface area contributed by atoms with Gasteiger partial charge in [0.25, 0.3) is 11.8 Å². The van der Waals surface area contributed by atoms with Gasteiger partial charge in [-0.15, -0.1) is 11.8 Å². The van der Waals surface area contributed by atoms with Gasteiger partial charge in [-0.3, -0.25) is 14.5 Å². The number of hydrogen-bond acceptors (Lipinski definition) is 8. The summed E-state index contributed by atoms with van der Waals surface area (Å²) in [6, 6.07) is 23.7. The van der Waals surface area contributed by atoms with Crippen molar-refractivity contribution in [2.24, 2.45) is 0 Å². The van der Waals surface area contributed by atoms with Crippen molar-refractivity contribution in [2.45, 2.75) is 43.3 Å². The third-order valence-corrected chi connectivity index (χ3v) is 7.82. The maximum Gasteiger partial charge on any atom is 0.338 e. The Balaban J connectivity index is 1.43. The molecule has 202 valence electrons. The molecule has 2 aliphatic heterocycles. The normalized spacial score (nSPS) is 24.5. The maximum atomic E-state index is 13.5. The van der Waals surface area contributed by atoms with E-state index in [9.17, 15) is 19.5 Å². The first-order valence-electron chi connectivity index (χ1n) is 12.8. The van der Waals surface area contributed by atoms with Crippen LogP contribution >= 0.6 is 11.8 Å². The minimum Gasteiger partial charge on any atom is -0.459 e. The van der Waals surface area contributed by atoms with E-state index in [4.69, 9.17) is 14.2 Å². The van der Waals surface area contributed by atoms with Crippen LogP contribution < -0.4 is 0 Å². The number of amides is 2. The van der Waals surface area contributed by atoms with Gasteiger partial charge in [0.15, 0.2) is 0 Å². The van der Waals surface area contributed by atoms with E-state index in [1.807, 2.05) is 37.3 Å². The third kappa shape index (κ3) is 5.62. The summed E-state index contributed by atoms with van der Waals surface area (Å²) in [5.74, 6) is -0.849. The Labute approximate surface area is 230 Å². The molecular formula is C30H29NO7S. The molecule has 0 radical (unpaired) electrons. The van der Waals surface area contributed by atoms with Crippen LogP contribution in [0.3, 0.4) is 0 Å². The third-order valence-electron chi connectivity index (χ3n) is 6.77. The lowest BCUT2D eigenvalue weighted by Gasteiger charge is -2.46. The molecule has 8 nitrogen and oxygen atoms in total. The maximum absolute atomic E-state index is 13.5. The number of hydrogen-bond donors (Lipinski definition) is 1. The first-order chi connectivity index (χ1) is 19.0. The first-order valence-corrected chi connectivity index (χ1v) is 13.8. The van der Waals surface area contributed by atoms with Gasteiger partial charge in [0.05, 0.1) is 23.3 Å². The van der Waals surface area contributed by atoms with Gasteiger partial charge in [0, 0.05) is 0 Å². The molecule has 0 aliphatic carbocycles. The average Bonchev–Trinajstić information content (AvgIpc) is 3.22. The highest BCUT2D eigenvalue weighted by molar-refractivity contribution is 7.99. The lowest BCUT2D eigenvalue weighted by molar-refractivity contribution is -0.200. The predicted molar refractivity (Wildman–Crippen MR) is 145 cm³/mol. The number of aliphatic hydroxyl groups excluding tert-OH is 1. The van der Waals surface area contributed by atoms with Crippen LogP contribution in [-0.2, 0) is 20.8 Å². The number of carbonyl (C=O) groups excluding carboxylic acids is 3. The Bertz CT molecular complexity index is 1280. The molecule has 0 bridgehead atoms. The molecule has 2 aliphatic rings. The summed E-state index contributed by atoms with van der Waals surface area (Å²) in [4.78, 5) is 40.7. The van der Waals surface area contributed by atoms with Gasteiger partial charge < -0.3 is 19.3 Å². The number of fused-ring (bicyclic) bond motifs is 1. The molecule has 0 saturated carbocycles. The number of benzene rings is 3. The van der Waals surface area contributed by atoms with Crippen molar-refractivity contribution in [1.82, 2.24) is 4.90 Å². The summed E-state index contributed by atoms with van der Waals surface area (Å²) in [7, 11) is 0. The van der Waals surface area contributed by atoms with Crippen LogP contribution in [0.1, 0.15) is 43.6 Å². The predicted octanol–water partition coefficient (Wildman–Crippen LogP) is 3.93. The van der Waals surface area contributed by atoms with E-state index in [-0.39, 0.29) is 13.2 Å². The second kappa shape index (κ2) is 12.1. The minimum absolute atomic E-state index is 0.141. The summed E-state index contributed by atoms with van der Waals surface area (Å²) in [5, 5.41) is 11.5. The largest absolute Gasteiger partial charge is 0.459 e. The molecule has 1 N–H and O–H groups in total. The number of thioether (sulfide) groups is 1. The molecule has 5 rings (SSSR count). The molecule has 2 heterocycles. The topological polar surface area (TPSA) is 102 Å².